The minimum Gasteiger partial charge on any atom is -0.484 e. The largest absolute Gasteiger partial charge is 0.484 e. The van der Waals surface area contributed by atoms with Crippen LogP contribution in [0.1, 0.15) is 50.4 Å². The van der Waals surface area contributed by atoms with Crippen molar-refractivity contribution in [3.05, 3.63) is 29.3 Å². The molecule has 0 saturated heterocycles. The molecule has 2 rings (SSSR count). The van der Waals surface area contributed by atoms with Crippen LogP contribution in [-0.4, -0.2) is 12.4 Å². The summed E-state index contributed by atoms with van der Waals surface area (Å²) in [4.78, 5) is 10.6. The molecule has 110 valence electrons. The van der Waals surface area contributed by atoms with Crippen LogP contribution < -0.4 is 4.74 Å². The first-order valence-corrected chi connectivity index (χ1v) is 6.91. The molecule has 0 radical (unpaired) electrons. The molecule has 0 N–H and O–H groups in total. The topological polar surface area (TPSA) is 26.3 Å². The van der Waals surface area contributed by atoms with Crippen LogP contribution in [0.2, 0.25) is 0 Å². The smallest absolute Gasteiger partial charge is 0.191 e. The molecule has 1 aromatic rings. The second-order valence-corrected chi connectivity index (χ2v) is 6.58. The zero-order valence-corrected chi connectivity index (χ0v) is 12.1. The fourth-order valence-electron chi connectivity index (χ4n) is 3.28. The number of ether oxygens (including phenoxy) is 1. The van der Waals surface area contributed by atoms with Crippen molar-refractivity contribution in [2.24, 2.45) is 11.3 Å². The van der Waals surface area contributed by atoms with Crippen molar-refractivity contribution in [3.63, 3.8) is 0 Å². The van der Waals surface area contributed by atoms with Gasteiger partial charge in [0.05, 0.1) is 6.10 Å². The molecule has 2 atom stereocenters. The van der Waals surface area contributed by atoms with Gasteiger partial charge in [-0.25, -0.2) is 8.78 Å². The maximum absolute atomic E-state index is 13.8. The van der Waals surface area contributed by atoms with Gasteiger partial charge in [0.2, 0.25) is 0 Å². The minimum atomic E-state index is -0.817. The molecule has 0 aromatic heterocycles. The van der Waals surface area contributed by atoms with Crippen molar-refractivity contribution in [1.29, 1.82) is 0 Å². The Morgan fingerprint density at radius 1 is 1.25 bits per heavy atom. The molecule has 1 fully saturated rings. The Labute approximate surface area is 118 Å². The lowest BCUT2D eigenvalue weighted by molar-refractivity contribution is 0.0508. The highest BCUT2D eigenvalue weighted by Crippen LogP contribution is 2.40. The molecule has 0 bridgehead atoms. The first-order valence-electron chi connectivity index (χ1n) is 6.91. The van der Waals surface area contributed by atoms with Gasteiger partial charge < -0.3 is 4.74 Å². The molecule has 0 heterocycles. The predicted molar refractivity (Wildman–Crippen MR) is 73.0 cm³/mol. The molecule has 20 heavy (non-hydrogen) atoms. The number of hydrogen-bond acceptors (Lipinski definition) is 2. The summed E-state index contributed by atoms with van der Waals surface area (Å²) >= 11 is 0. The van der Waals surface area contributed by atoms with Crippen molar-refractivity contribution in [2.75, 3.05) is 0 Å². The van der Waals surface area contributed by atoms with Gasteiger partial charge in [-0.1, -0.05) is 20.8 Å². The first-order chi connectivity index (χ1) is 9.30. The number of hydrogen-bond donors (Lipinski definition) is 0. The van der Waals surface area contributed by atoms with Gasteiger partial charge >= 0.3 is 0 Å². The monoisotopic (exact) mass is 282 g/mol. The van der Waals surface area contributed by atoms with E-state index in [-0.39, 0.29) is 22.8 Å². The molecular formula is C16H20F2O2. The van der Waals surface area contributed by atoms with Crippen LogP contribution in [0.4, 0.5) is 8.78 Å². The maximum atomic E-state index is 13.8. The molecule has 1 aliphatic carbocycles. The van der Waals surface area contributed by atoms with Crippen LogP contribution in [0.3, 0.4) is 0 Å². The number of benzene rings is 1. The lowest BCUT2D eigenvalue weighted by Crippen LogP contribution is -2.34. The highest BCUT2D eigenvalue weighted by atomic mass is 19.1. The van der Waals surface area contributed by atoms with Gasteiger partial charge in [0, 0.05) is 5.56 Å². The van der Waals surface area contributed by atoms with Gasteiger partial charge in [-0.15, -0.1) is 0 Å². The van der Waals surface area contributed by atoms with Gasteiger partial charge in [0.15, 0.2) is 17.4 Å². The average Bonchev–Trinajstić information content (AvgIpc) is 2.31. The van der Waals surface area contributed by atoms with Crippen LogP contribution >= 0.6 is 0 Å². The standard InChI is InChI=1S/C16H20F2O2/c1-10-4-12(8-16(2,3)7-10)20-15-13(17)5-11(9-19)6-14(15)18/h5-6,9-10,12H,4,7-8H2,1-3H3. The molecule has 1 aliphatic rings. The summed E-state index contributed by atoms with van der Waals surface area (Å²) in [7, 11) is 0. The second-order valence-electron chi connectivity index (χ2n) is 6.58. The van der Waals surface area contributed by atoms with Crippen LogP contribution in [-0.2, 0) is 0 Å². The number of aldehydes is 1. The third kappa shape index (κ3) is 3.35. The van der Waals surface area contributed by atoms with E-state index in [2.05, 4.69) is 20.8 Å². The molecule has 0 amide bonds. The third-order valence-electron chi connectivity index (χ3n) is 3.79. The zero-order valence-electron chi connectivity index (χ0n) is 12.1. The Morgan fingerprint density at radius 3 is 2.35 bits per heavy atom. The highest BCUT2D eigenvalue weighted by Gasteiger charge is 2.34. The molecule has 0 spiro atoms. The summed E-state index contributed by atoms with van der Waals surface area (Å²) in [6, 6.07) is 2.01. The van der Waals surface area contributed by atoms with Crippen molar-refractivity contribution in [1.82, 2.24) is 0 Å². The summed E-state index contributed by atoms with van der Waals surface area (Å²) in [5, 5.41) is 0. The van der Waals surface area contributed by atoms with Crippen LogP contribution in [0.25, 0.3) is 0 Å². The first kappa shape index (κ1) is 14.9. The van der Waals surface area contributed by atoms with Gasteiger partial charge in [0.1, 0.15) is 6.29 Å². The number of carbonyl (C=O) groups is 1. The van der Waals surface area contributed by atoms with Gasteiger partial charge in [-0.3, -0.25) is 4.79 Å². The van der Waals surface area contributed by atoms with Crippen molar-refractivity contribution in [3.8, 4) is 5.75 Å². The van der Waals surface area contributed by atoms with Crippen molar-refractivity contribution < 1.29 is 18.3 Å². The molecule has 2 unspecified atom stereocenters. The Bertz CT molecular complexity index is 488. The van der Waals surface area contributed by atoms with Gasteiger partial charge in [-0.05, 0) is 42.7 Å². The zero-order chi connectivity index (χ0) is 14.9. The third-order valence-corrected chi connectivity index (χ3v) is 3.79. The summed E-state index contributed by atoms with van der Waals surface area (Å²) in [5.41, 5.74) is 0.0857. The molecule has 0 aliphatic heterocycles. The lowest BCUT2D eigenvalue weighted by atomic mass is 9.71. The lowest BCUT2D eigenvalue weighted by Gasteiger charge is -2.38. The highest BCUT2D eigenvalue weighted by molar-refractivity contribution is 5.75. The molecule has 1 aromatic carbocycles. The van der Waals surface area contributed by atoms with Crippen LogP contribution in [0.5, 0.6) is 5.75 Å². The van der Waals surface area contributed by atoms with E-state index in [1.54, 1.807) is 0 Å². The van der Waals surface area contributed by atoms with Crippen molar-refractivity contribution in [2.45, 2.75) is 46.1 Å². The summed E-state index contributed by atoms with van der Waals surface area (Å²) in [6.07, 6.45) is 2.87. The summed E-state index contributed by atoms with van der Waals surface area (Å²) in [6.45, 7) is 6.40. The molecule has 1 saturated carbocycles. The van der Waals surface area contributed by atoms with E-state index < -0.39 is 11.6 Å². The average molecular weight is 282 g/mol. The van der Waals surface area contributed by atoms with E-state index in [1.807, 2.05) is 0 Å². The SMILES string of the molecule is CC1CC(Oc2c(F)cc(C=O)cc2F)CC(C)(C)C1. The van der Waals surface area contributed by atoms with E-state index in [4.69, 9.17) is 4.74 Å². The molecule has 4 heteroatoms. The van der Waals surface area contributed by atoms with Gasteiger partial charge in [0.25, 0.3) is 0 Å². The van der Waals surface area contributed by atoms with Crippen LogP contribution in [0.15, 0.2) is 12.1 Å². The maximum Gasteiger partial charge on any atom is 0.191 e. The summed E-state index contributed by atoms with van der Waals surface area (Å²) < 4.78 is 33.2. The Balaban J connectivity index is 2.20. The van der Waals surface area contributed by atoms with E-state index in [0.717, 1.165) is 31.4 Å². The Kier molecular flexibility index (Phi) is 4.11. The van der Waals surface area contributed by atoms with E-state index in [0.29, 0.717) is 12.2 Å². The fourth-order valence-corrected chi connectivity index (χ4v) is 3.28. The number of halogens is 2. The minimum absolute atomic E-state index is 0.0234. The predicted octanol–water partition coefficient (Wildman–Crippen LogP) is 4.37. The van der Waals surface area contributed by atoms with Crippen LogP contribution in [0, 0.1) is 23.0 Å². The Morgan fingerprint density at radius 2 is 1.85 bits per heavy atom. The van der Waals surface area contributed by atoms with Gasteiger partial charge in [-0.2, -0.15) is 0 Å². The molecular weight excluding hydrogens is 262 g/mol. The van der Waals surface area contributed by atoms with E-state index >= 15 is 0 Å². The van der Waals surface area contributed by atoms with E-state index in [1.165, 1.54) is 0 Å². The summed E-state index contributed by atoms with van der Waals surface area (Å²) in [5.74, 6) is -1.54. The Hall–Kier alpha value is -1.45. The normalized spacial score (nSPS) is 25.2. The number of rotatable bonds is 3. The molecule has 2 nitrogen and oxygen atoms in total. The quantitative estimate of drug-likeness (QED) is 0.769. The number of carbonyl (C=O) groups excluding carboxylic acids is 1. The fraction of sp³-hybridized carbons (Fsp3) is 0.562. The van der Waals surface area contributed by atoms with Crippen molar-refractivity contribution >= 4 is 6.29 Å². The van der Waals surface area contributed by atoms with E-state index in [9.17, 15) is 13.6 Å². The second kappa shape index (κ2) is 5.51.